The smallest absolute Gasteiger partial charge is 0.336 e. The molecule has 1 fully saturated rings. The number of hydrogen-bond acceptors (Lipinski definition) is 7. The Labute approximate surface area is 162 Å². The number of carbonyl (C=O) groups is 1. The van der Waals surface area contributed by atoms with Crippen molar-refractivity contribution in [2.24, 2.45) is 5.92 Å². The fourth-order valence-corrected chi connectivity index (χ4v) is 3.35. The van der Waals surface area contributed by atoms with Crippen LogP contribution >= 0.6 is 0 Å². The zero-order chi connectivity index (χ0) is 20.1. The van der Waals surface area contributed by atoms with Crippen molar-refractivity contribution in [1.29, 1.82) is 0 Å². The number of hydrogen-bond donors (Lipinski definition) is 3. The Morgan fingerprint density at radius 3 is 2.39 bits per heavy atom. The normalized spacial score (nSPS) is 13.5. The summed E-state index contributed by atoms with van der Waals surface area (Å²) in [6, 6.07) is 7.49. The van der Waals surface area contributed by atoms with Crippen LogP contribution in [0.4, 0.5) is 16.4 Å². The van der Waals surface area contributed by atoms with Gasteiger partial charge in [0.2, 0.25) is 17.7 Å². The molecular formula is C17H21N5O5S. The number of aromatic nitrogens is 2. The lowest BCUT2D eigenvalue weighted by Gasteiger charge is -2.13. The van der Waals surface area contributed by atoms with Crippen LogP contribution in [0.5, 0.6) is 11.8 Å². The number of carbonyl (C=O) groups excluding carboxylic acids is 1. The molecule has 2 amide bonds. The van der Waals surface area contributed by atoms with Crippen molar-refractivity contribution < 1.29 is 22.7 Å². The van der Waals surface area contributed by atoms with Crippen LogP contribution < -0.4 is 24.2 Å². The van der Waals surface area contributed by atoms with Crippen molar-refractivity contribution in [3.05, 3.63) is 35.9 Å². The molecule has 0 spiro atoms. The molecule has 0 saturated heterocycles. The molecule has 0 atom stereocenters. The topological polar surface area (TPSA) is 132 Å². The van der Waals surface area contributed by atoms with Crippen LogP contribution in [-0.2, 0) is 16.6 Å². The van der Waals surface area contributed by atoms with Gasteiger partial charge in [0.05, 0.1) is 26.0 Å². The van der Waals surface area contributed by atoms with Crippen molar-refractivity contribution in [2.75, 3.05) is 24.3 Å². The van der Waals surface area contributed by atoms with Gasteiger partial charge >= 0.3 is 16.2 Å². The summed E-state index contributed by atoms with van der Waals surface area (Å²) in [4.78, 5) is 19.9. The molecule has 150 valence electrons. The predicted molar refractivity (Wildman–Crippen MR) is 103 cm³/mol. The molecule has 0 aliphatic heterocycles. The van der Waals surface area contributed by atoms with Crippen molar-refractivity contribution in [3.8, 4) is 11.8 Å². The van der Waals surface area contributed by atoms with E-state index in [4.69, 9.17) is 9.47 Å². The lowest BCUT2D eigenvalue weighted by atomic mass is 10.1. The number of anilines is 2. The third-order valence-electron chi connectivity index (χ3n) is 4.02. The van der Waals surface area contributed by atoms with Gasteiger partial charge in [-0.15, -0.1) is 0 Å². The second-order valence-corrected chi connectivity index (χ2v) is 7.66. The molecule has 1 saturated carbocycles. The molecule has 28 heavy (non-hydrogen) atoms. The van der Waals surface area contributed by atoms with Crippen LogP contribution in [0.2, 0.25) is 0 Å². The Bertz CT molecular complexity index is 940. The molecule has 2 aromatic rings. The summed E-state index contributed by atoms with van der Waals surface area (Å²) in [6.07, 6.45) is 3.08. The van der Waals surface area contributed by atoms with Gasteiger partial charge in [0.15, 0.2) is 0 Å². The summed E-state index contributed by atoms with van der Waals surface area (Å²) in [5.41, 5.74) is 1.32. The molecule has 1 aromatic carbocycles. The number of rotatable bonds is 8. The standard InChI is InChI=1S/C17H21N5O5S/c1-26-14-10-15(27-2)19-16(18-14)20-17(23)22-28(24,25)21-13-6-4-3-5-12(13)9-11-7-8-11/h3-6,10-11,21H,7-9H2,1-2H3,(H2,18,19,20,22,23). The fourth-order valence-electron chi connectivity index (χ4n) is 2.52. The van der Waals surface area contributed by atoms with E-state index in [-0.39, 0.29) is 17.7 Å². The van der Waals surface area contributed by atoms with Crippen molar-refractivity contribution in [1.82, 2.24) is 14.7 Å². The Kier molecular flexibility index (Phi) is 5.83. The largest absolute Gasteiger partial charge is 0.481 e. The summed E-state index contributed by atoms with van der Waals surface area (Å²) in [6.45, 7) is 0. The Morgan fingerprint density at radius 2 is 1.79 bits per heavy atom. The van der Waals surface area contributed by atoms with E-state index < -0.39 is 16.2 Å². The van der Waals surface area contributed by atoms with Gasteiger partial charge in [0.1, 0.15) is 0 Å². The molecule has 3 N–H and O–H groups in total. The van der Waals surface area contributed by atoms with Crippen LogP contribution in [-0.4, -0.2) is 38.6 Å². The number of amides is 2. The number of benzene rings is 1. The summed E-state index contributed by atoms with van der Waals surface area (Å²) < 4.78 is 38.9. The van der Waals surface area contributed by atoms with Crippen molar-refractivity contribution in [3.63, 3.8) is 0 Å². The first-order chi connectivity index (χ1) is 13.4. The maximum atomic E-state index is 12.3. The van der Waals surface area contributed by atoms with Gasteiger partial charge in [-0.1, -0.05) is 18.2 Å². The number of nitrogens with zero attached hydrogens (tertiary/aromatic N) is 2. The first kappa shape index (κ1) is 19.7. The number of para-hydroxylation sites is 1. The highest BCUT2D eigenvalue weighted by Crippen LogP contribution is 2.34. The van der Waals surface area contributed by atoms with Gasteiger partial charge in [0, 0.05) is 0 Å². The van der Waals surface area contributed by atoms with Gasteiger partial charge in [-0.2, -0.15) is 18.4 Å². The quantitative estimate of drug-likeness (QED) is 0.609. The Balaban J connectivity index is 1.66. The fraction of sp³-hybridized carbons (Fsp3) is 0.353. The van der Waals surface area contributed by atoms with E-state index in [1.165, 1.54) is 20.3 Å². The maximum absolute atomic E-state index is 12.3. The summed E-state index contributed by atoms with van der Waals surface area (Å²) in [7, 11) is -1.38. The molecule has 1 aliphatic carbocycles. The third kappa shape index (κ3) is 5.46. The van der Waals surface area contributed by atoms with Crippen LogP contribution in [0.15, 0.2) is 30.3 Å². The van der Waals surface area contributed by atoms with E-state index in [0.29, 0.717) is 11.6 Å². The zero-order valence-corrected chi connectivity index (χ0v) is 16.2. The number of urea groups is 1. The molecular weight excluding hydrogens is 386 g/mol. The van der Waals surface area contributed by atoms with Gasteiger partial charge in [-0.25, -0.2) is 9.52 Å². The second kappa shape index (κ2) is 8.30. The van der Waals surface area contributed by atoms with Gasteiger partial charge < -0.3 is 9.47 Å². The summed E-state index contributed by atoms with van der Waals surface area (Å²) in [5, 5.41) is 2.24. The lowest BCUT2D eigenvalue weighted by Crippen LogP contribution is -2.38. The van der Waals surface area contributed by atoms with Crippen LogP contribution in [0.1, 0.15) is 18.4 Å². The number of ether oxygens (including phenoxy) is 2. The molecule has 1 aromatic heterocycles. The SMILES string of the molecule is COc1cc(OC)nc(NC(=O)NS(=O)(=O)Nc2ccccc2CC2CC2)n1. The maximum Gasteiger partial charge on any atom is 0.336 e. The third-order valence-corrected chi connectivity index (χ3v) is 4.96. The zero-order valence-electron chi connectivity index (χ0n) is 15.4. The average Bonchev–Trinajstić information content (AvgIpc) is 3.46. The van der Waals surface area contributed by atoms with Gasteiger partial charge in [-0.3, -0.25) is 10.0 Å². The number of methoxy groups -OCH3 is 2. The minimum absolute atomic E-state index is 0.150. The highest BCUT2D eigenvalue weighted by Gasteiger charge is 2.24. The lowest BCUT2D eigenvalue weighted by molar-refractivity contribution is 0.256. The molecule has 1 aliphatic rings. The highest BCUT2D eigenvalue weighted by molar-refractivity contribution is 7.91. The highest BCUT2D eigenvalue weighted by atomic mass is 32.2. The van der Waals surface area contributed by atoms with Crippen LogP contribution in [0, 0.1) is 5.92 Å². The van der Waals surface area contributed by atoms with Crippen molar-refractivity contribution in [2.45, 2.75) is 19.3 Å². The van der Waals surface area contributed by atoms with E-state index in [2.05, 4.69) is 20.0 Å². The molecule has 0 bridgehead atoms. The average molecular weight is 407 g/mol. The van der Waals surface area contributed by atoms with Gasteiger partial charge in [-0.05, 0) is 36.8 Å². The van der Waals surface area contributed by atoms with E-state index >= 15 is 0 Å². The summed E-state index contributed by atoms with van der Waals surface area (Å²) in [5.74, 6) is 0.717. The van der Waals surface area contributed by atoms with Crippen LogP contribution in [0.3, 0.4) is 0 Å². The van der Waals surface area contributed by atoms with E-state index in [0.717, 1.165) is 24.8 Å². The molecule has 1 heterocycles. The summed E-state index contributed by atoms with van der Waals surface area (Å²) >= 11 is 0. The first-order valence-corrected chi connectivity index (χ1v) is 10.0. The molecule has 10 nitrogen and oxygen atoms in total. The van der Waals surface area contributed by atoms with E-state index in [1.807, 2.05) is 16.9 Å². The van der Waals surface area contributed by atoms with E-state index in [1.54, 1.807) is 12.1 Å². The first-order valence-electron chi connectivity index (χ1n) is 8.55. The Morgan fingerprint density at radius 1 is 1.14 bits per heavy atom. The minimum Gasteiger partial charge on any atom is -0.481 e. The van der Waals surface area contributed by atoms with Gasteiger partial charge in [0.25, 0.3) is 0 Å². The van der Waals surface area contributed by atoms with Crippen LogP contribution in [0.25, 0.3) is 0 Å². The molecule has 11 heteroatoms. The van der Waals surface area contributed by atoms with E-state index in [9.17, 15) is 13.2 Å². The number of nitrogens with one attached hydrogen (secondary N) is 3. The predicted octanol–water partition coefficient (Wildman–Crippen LogP) is 1.92. The second-order valence-electron chi connectivity index (χ2n) is 6.24. The molecule has 0 unspecified atom stereocenters. The van der Waals surface area contributed by atoms with Crippen molar-refractivity contribution >= 4 is 27.9 Å². The molecule has 0 radical (unpaired) electrons. The minimum atomic E-state index is -4.15. The monoisotopic (exact) mass is 407 g/mol. The molecule has 3 rings (SSSR count). The Hall–Kier alpha value is -3.08.